The summed E-state index contributed by atoms with van der Waals surface area (Å²) in [5.41, 5.74) is 0.863. The maximum absolute atomic E-state index is 13.2. The van der Waals surface area contributed by atoms with Gasteiger partial charge in [-0.15, -0.1) is 0 Å². The number of amides is 4. The Bertz CT molecular complexity index is 805. The van der Waals surface area contributed by atoms with Crippen molar-refractivity contribution in [2.75, 3.05) is 20.8 Å². The average Bonchev–Trinajstić information content (AvgIpc) is 2.83. The molecule has 1 aromatic carbocycles. The van der Waals surface area contributed by atoms with Crippen LogP contribution in [0.25, 0.3) is 0 Å². The van der Waals surface area contributed by atoms with E-state index in [1.165, 1.54) is 4.90 Å². The summed E-state index contributed by atoms with van der Waals surface area (Å²) in [7, 11) is 3.48. The molecule has 2 aliphatic rings. The van der Waals surface area contributed by atoms with E-state index in [0.717, 1.165) is 12.0 Å². The minimum atomic E-state index is -0.770. The van der Waals surface area contributed by atoms with Crippen LogP contribution in [0, 0.1) is 11.3 Å². The van der Waals surface area contributed by atoms with Crippen LogP contribution in [0.1, 0.15) is 56.0 Å². The molecule has 1 aliphatic heterocycles. The fraction of sp³-hybridized carbons (Fsp3) is 0.591. The Labute approximate surface area is 172 Å². The molecular weight excluding hydrogens is 368 g/mol. The van der Waals surface area contributed by atoms with Crippen molar-refractivity contribution in [1.29, 1.82) is 0 Å². The molecule has 1 saturated carbocycles. The second kappa shape index (κ2) is 7.78. The largest absolute Gasteiger partial charge is 0.355 e. The van der Waals surface area contributed by atoms with E-state index >= 15 is 0 Å². The van der Waals surface area contributed by atoms with Gasteiger partial charge in [-0.25, -0.2) is 9.69 Å². The van der Waals surface area contributed by atoms with Gasteiger partial charge in [0.2, 0.25) is 0 Å². The van der Waals surface area contributed by atoms with Crippen LogP contribution in [0.5, 0.6) is 0 Å². The number of carbonyl (C=O) groups excluding carboxylic acids is 3. The van der Waals surface area contributed by atoms with E-state index in [2.05, 4.69) is 31.4 Å². The van der Waals surface area contributed by atoms with E-state index in [4.69, 9.17) is 0 Å². The first-order valence-electron chi connectivity index (χ1n) is 10.2. The van der Waals surface area contributed by atoms with E-state index in [0.29, 0.717) is 30.9 Å². The number of urea groups is 1. The van der Waals surface area contributed by atoms with Gasteiger partial charge >= 0.3 is 6.03 Å². The molecule has 7 heteroatoms. The number of imide groups is 1. The molecule has 1 aromatic rings. The number of nitrogens with one attached hydrogen (secondary N) is 2. The topological polar surface area (TPSA) is 81.8 Å². The van der Waals surface area contributed by atoms with Crippen molar-refractivity contribution in [3.63, 3.8) is 0 Å². The number of nitrogens with zero attached hydrogens (tertiary/aromatic N) is 2. The van der Waals surface area contributed by atoms with Gasteiger partial charge in [-0.1, -0.05) is 32.9 Å². The number of benzene rings is 1. The lowest BCUT2D eigenvalue weighted by Gasteiger charge is -2.43. The highest BCUT2D eigenvalue weighted by molar-refractivity contribution is 6.07. The van der Waals surface area contributed by atoms with Gasteiger partial charge in [0.05, 0.1) is 6.67 Å². The Morgan fingerprint density at radius 1 is 1.24 bits per heavy atom. The summed E-state index contributed by atoms with van der Waals surface area (Å²) in [4.78, 5) is 40.8. The molecule has 4 amide bonds. The van der Waals surface area contributed by atoms with Crippen LogP contribution in [0.3, 0.4) is 0 Å². The normalized spacial score (nSPS) is 26.1. The first kappa shape index (κ1) is 21.3. The van der Waals surface area contributed by atoms with E-state index in [9.17, 15) is 14.4 Å². The highest BCUT2D eigenvalue weighted by Gasteiger charge is 2.56. The second-order valence-electron chi connectivity index (χ2n) is 9.53. The zero-order valence-electron chi connectivity index (χ0n) is 18.0. The van der Waals surface area contributed by atoms with E-state index < -0.39 is 5.54 Å². The van der Waals surface area contributed by atoms with Crippen LogP contribution in [0.15, 0.2) is 24.3 Å². The maximum Gasteiger partial charge on any atom is 0.326 e. The lowest BCUT2D eigenvalue weighted by atomic mass is 9.64. The van der Waals surface area contributed by atoms with E-state index in [-0.39, 0.29) is 29.9 Å². The fourth-order valence-corrected chi connectivity index (χ4v) is 5.14. The molecule has 158 valence electrons. The Morgan fingerprint density at radius 2 is 1.90 bits per heavy atom. The zero-order valence-corrected chi connectivity index (χ0v) is 18.0. The second-order valence-corrected chi connectivity index (χ2v) is 9.53. The number of carbonyl (C=O) groups is 3. The minimum Gasteiger partial charge on any atom is -0.355 e. The third-order valence-corrected chi connectivity index (χ3v) is 5.90. The third-order valence-electron chi connectivity index (χ3n) is 5.90. The molecule has 29 heavy (non-hydrogen) atoms. The predicted molar refractivity (Wildman–Crippen MR) is 111 cm³/mol. The first-order valence-corrected chi connectivity index (χ1v) is 10.2. The summed E-state index contributed by atoms with van der Waals surface area (Å²) < 4.78 is 0. The fourth-order valence-electron chi connectivity index (χ4n) is 5.14. The van der Waals surface area contributed by atoms with Crippen molar-refractivity contribution in [2.24, 2.45) is 11.3 Å². The summed E-state index contributed by atoms with van der Waals surface area (Å²) >= 11 is 0. The first-order chi connectivity index (χ1) is 13.5. The van der Waals surface area contributed by atoms with Crippen molar-refractivity contribution < 1.29 is 14.4 Å². The lowest BCUT2D eigenvalue weighted by molar-refractivity contribution is -0.136. The van der Waals surface area contributed by atoms with Gasteiger partial charge in [0.25, 0.3) is 11.8 Å². The van der Waals surface area contributed by atoms with Gasteiger partial charge in [0.1, 0.15) is 5.54 Å². The predicted octanol–water partition coefficient (Wildman–Crippen LogP) is 2.57. The molecule has 2 fully saturated rings. The molecular formula is C22H32N4O3. The summed E-state index contributed by atoms with van der Waals surface area (Å²) in [6.07, 6.45) is 2.43. The van der Waals surface area contributed by atoms with Gasteiger partial charge < -0.3 is 10.6 Å². The summed E-state index contributed by atoms with van der Waals surface area (Å²) in [5.74, 6) is 0.155. The van der Waals surface area contributed by atoms with Crippen molar-refractivity contribution >= 4 is 17.8 Å². The van der Waals surface area contributed by atoms with Crippen molar-refractivity contribution in [3.8, 4) is 0 Å². The van der Waals surface area contributed by atoms with Gasteiger partial charge in [0, 0.05) is 19.2 Å². The highest BCUT2D eigenvalue weighted by Crippen LogP contribution is 2.46. The van der Waals surface area contributed by atoms with Crippen LogP contribution >= 0.6 is 0 Å². The Morgan fingerprint density at radius 3 is 2.48 bits per heavy atom. The average molecular weight is 401 g/mol. The van der Waals surface area contributed by atoms with Gasteiger partial charge in [-0.05, 0) is 55.3 Å². The van der Waals surface area contributed by atoms with Crippen LogP contribution < -0.4 is 10.6 Å². The molecule has 1 saturated heterocycles. The molecule has 2 unspecified atom stereocenters. The Hall–Kier alpha value is -2.41. The molecule has 1 aliphatic carbocycles. The van der Waals surface area contributed by atoms with Gasteiger partial charge in [-0.2, -0.15) is 0 Å². The molecule has 1 heterocycles. The quantitative estimate of drug-likeness (QED) is 0.745. The molecule has 2 N–H and O–H groups in total. The smallest absolute Gasteiger partial charge is 0.326 e. The van der Waals surface area contributed by atoms with Crippen LogP contribution in [-0.2, 0) is 11.3 Å². The molecule has 7 nitrogen and oxygen atoms in total. The lowest BCUT2D eigenvalue weighted by Crippen LogP contribution is -2.54. The van der Waals surface area contributed by atoms with Gasteiger partial charge in [0.15, 0.2) is 0 Å². The van der Waals surface area contributed by atoms with Crippen LogP contribution in [0.4, 0.5) is 4.79 Å². The number of rotatable bonds is 5. The van der Waals surface area contributed by atoms with E-state index in [1.807, 2.05) is 24.1 Å². The molecule has 3 rings (SSSR count). The van der Waals surface area contributed by atoms with Crippen molar-refractivity contribution in [1.82, 2.24) is 20.4 Å². The highest BCUT2D eigenvalue weighted by atomic mass is 16.2. The zero-order chi connectivity index (χ0) is 21.4. The SMILES string of the molecule is CNC(=O)c1ccc(CN(C)CN2C(=O)NC3(CC(C)CC(C)(C)C3)C2=O)cc1. The molecule has 0 bridgehead atoms. The van der Waals surface area contributed by atoms with Crippen molar-refractivity contribution in [2.45, 2.75) is 52.1 Å². The molecule has 0 aromatic heterocycles. The van der Waals surface area contributed by atoms with Crippen LogP contribution in [0.2, 0.25) is 0 Å². The number of hydrogen-bond donors (Lipinski definition) is 2. The van der Waals surface area contributed by atoms with Gasteiger partial charge in [-0.3, -0.25) is 14.5 Å². The third kappa shape index (κ3) is 4.45. The Balaban J connectivity index is 1.66. The summed E-state index contributed by atoms with van der Waals surface area (Å²) in [6.45, 7) is 7.29. The standard InChI is InChI=1S/C22H32N4O3/c1-15-10-21(2,3)13-22(11-15)19(28)26(20(29)24-22)14-25(5)12-16-6-8-17(9-7-16)18(27)23-4/h6-9,15H,10-14H2,1-5H3,(H,23,27)(H,24,29). The molecule has 2 atom stereocenters. The monoisotopic (exact) mass is 400 g/mol. The van der Waals surface area contributed by atoms with Crippen molar-refractivity contribution in [3.05, 3.63) is 35.4 Å². The summed E-state index contributed by atoms with van der Waals surface area (Å²) in [6, 6.07) is 7.02. The Kier molecular flexibility index (Phi) is 5.72. The molecule has 0 radical (unpaired) electrons. The molecule has 1 spiro atoms. The summed E-state index contributed by atoms with van der Waals surface area (Å²) in [5, 5.41) is 5.62. The maximum atomic E-state index is 13.2. The van der Waals surface area contributed by atoms with Crippen LogP contribution in [-0.4, -0.2) is 53.9 Å². The number of hydrogen-bond acceptors (Lipinski definition) is 4. The minimum absolute atomic E-state index is 0.0229. The van der Waals surface area contributed by atoms with E-state index in [1.54, 1.807) is 19.2 Å².